The van der Waals surface area contributed by atoms with Crippen LogP contribution in [0, 0.1) is 31.0 Å². The highest BCUT2D eigenvalue weighted by Gasteiger charge is 2.19. The first-order valence-corrected chi connectivity index (χ1v) is 6.80. The Bertz CT molecular complexity index is 890. The molecule has 4 nitrogen and oxygen atoms in total. The van der Waals surface area contributed by atoms with Crippen LogP contribution in [0.2, 0.25) is 0 Å². The number of hydrogen-bond donors (Lipinski definition) is 0. The normalized spacial score (nSPS) is 10.5. The van der Waals surface area contributed by atoms with E-state index in [9.17, 15) is 9.65 Å². The van der Waals surface area contributed by atoms with Gasteiger partial charge in [-0.25, -0.2) is 9.07 Å². The fraction of sp³-hybridized carbons (Fsp3) is 0.118. The average molecular weight is 292 g/mol. The maximum absolute atomic E-state index is 14.1. The first kappa shape index (κ1) is 14.0. The lowest BCUT2D eigenvalue weighted by Gasteiger charge is -2.09. The van der Waals surface area contributed by atoms with Gasteiger partial charge < -0.3 is 0 Å². The molecule has 22 heavy (non-hydrogen) atoms. The number of nitriles is 1. The highest BCUT2D eigenvalue weighted by atomic mass is 19.1. The van der Waals surface area contributed by atoms with E-state index in [1.807, 2.05) is 38.1 Å². The summed E-state index contributed by atoms with van der Waals surface area (Å²) in [4.78, 5) is 0. The Morgan fingerprint density at radius 2 is 1.86 bits per heavy atom. The molecule has 0 aliphatic rings. The molecule has 0 fully saturated rings. The fourth-order valence-electron chi connectivity index (χ4n) is 2.29. The van der Waals surface area contributed by atoms with Crippen molar-refractivity contribution in [2.45, 2.75) is 13.8 Å². The monoisotopic (exact) mass is 292 g/mol. The van der Waals surface area contributed by atoms with E-state index in [1.165, 1.54) is 10.7 Å². The third-order valence-electron chi connectivity index (χ3n) is 3.64. The van der Waals surface area contributed by atoms with E-state index in [0.717, 1.165) is 16.8 Å². The van der Waals surface area contributed by atoms with Gasteiger partial charge in [0.25, 0.3) is 0 Å². The Balaban J connectivity index is 2.27. The lowest BCUT2D eigenvalue weighted by molar-refractivity contribution is 0.629. The van der Waals surface area contributed by atoms with Crippen LogP contribution in [0.4, 0.5) is 4.39 Å². The second-order valence-electron chi connectivity index (χ2n) is 5.06. The summed E-state index contributed by atoms with van der Waals surface area (Å²) < 4.78 is 15.6. The minimum absolute atomic E-state index is 0.100. The summed E-state index contributed by atoms with van der Waals surface area (Å²) in [6.07, 6.45) is 0. The molecule has 0 saturated heterocycles. The molecule has 0 unspecified atom stereocenters. The van der Waals surface area contributed by atoms with Crippen LogP contribution in [-0.4, -0.2) is 15.0 Å². The number of rotatable bonds is 2. The molecule has 0 saturated carbocycles. The van der Waals surface area contributed by atoms with Gasteiger partial charge in [0.05, 0.1) is 5.69 Å². The smallest absolute Gasteiger partial charge is 0.191 e. The van der Waals surface area contributed by atoms with E-state index >= 15 is 0 Å². The van der Waals surface area contributed by atoms with Crippen molar-refractivity contribution >= 4 is 0 Å². The molecule has 5 heteroatoms. The molecule has 0 amide bonds. The third-order valence-corrected chi connectivity index (χ3v) is 3.64. The zero-order chi connectivity index (χ0) is 15.7. The van der Waals surface area contributed by atoms with Gasteiger partial charge >= 0.3 is 0 Å². The zero-order valence-electron chi connectivity index (χ0n) is 12.2. The summed E-state index contributed by atoms with van der Waals surface area (Å²) in [5.74, 6) is -0.411. The largest absolute Gasteiger partial charge is 0.211 e. The van der Waals surface area contributed by atoms with E-state index in [4.69, 9.17) is 0 Å². The summed E-state index contributed by atoms with van der Waals surface area (Å²) in [6, 6.07) is 14.1. The van der Waals surface area contributed by atoms with E-state index in [-0.39, 0.29) is 5.69 Å². The Morgan fingerprint density at radius 3 is 2.55 bits per heavy atom. The summed E-state index contributed by atoms with van der Waals surface area (Å²) in [5, 5.41) is 17.1. The quantitative estimate of drug-likeness (QED) is 0.725. The van der Waals surface area contributed by atoms with Crippen molar-refractivity contribution in [3.05, 3.63) is 65.1 Å². The maximum Gasteiger partial charge on any atom is 0.191 e. The maximum atomic E-state index is 14.1. The van der Waals surface area contributed by atoms with Crippen molar-refractivity contribution in [1.82, 2.24) is 15.0 Å². The van der Waals surface area contributed by atoms with Crippen molar-refractivity contribution < 1.29 is 4.39 Å². The van der Waals surface area contributed by atoms with Gasteiger partial charge in [0, 0.05) is 5.56 Å². The highest BCUT2D eigenvalue weighted by molar-refractivity contribution is 5.67. The average Bonchev–Trinajstić information content (AvgIpc) is 2.94. The van der Waals surface area contributed by atoms with Crippen molar-refractivity contribution in [2.75, 3.05) is 0 Å². The van der Waals surface area contributed by atoms with Gasteiger partial charge in [-0.2, -0.15) is 5.26 Å². The van der Waals surface area contributed by atoms with Crippen LogP contribution in [0.5, 0.6) is 0 Å². The molecule has 1 heterocycles. The number of nitrogens with zero attached hydrogens (tertiary/aromatic N) is 4. The molecule has 108 valence electrons. The van der Waals surface area contributed by atoms with Crippen molar-refractivity contribution in [3.63, 3.8) is 0 Å². The highest BCUT2D eigenvalue weighted by Crippen LogP contribution is 2.27. The molecule has 0 aliphatic carbocycles. The number of benzene rings is 2. The van der Waals surface area contributed by atoms with Gasteiger partial charge in [-0.15, -0.1) is 5.10 Å². The van der Waals surface area contributed by atoms with Crippen LogP contribution in [0.25, 0.3) is 16.9 Å². The minimum atomic E-state index is -0.411. The van der Waals surface area contributed by atoms with E-state index in [0.29, 0.717) is 11.3 Å². The molecule has 3 rings (SSSR count). The molecule has 0 N–H and O–H groups in total. The topological polar surface area (TPSA) is 54.5 Å². The molecule has 2 aromatic carbocycles. The molecule has 0 atom stereocenters. The number of hydrogen-bond acceptors (Lipinski definition) is 3. The second-order valence-corrected chi connectivity index (χ2v) is 5.06. The van der Waals surface area contributed by atoms with Crippen LogP contribution in [0.15, 0.2) is 42.5 Å². The SMILES string of the molecule is Cc1ccc(-n2nnc(C#N)c2-c2ccccc2F)cc1C. The summed E-state index contributed by atoms with van der Waals surface area (Å²) in [5.41, 5.74) is 3.76. The van der Waals surface area contributed by atoms with Gasteiger partial charge in [0.1, 0.15) is 17.6 Å². The number of aromatic nitrogens is 3. The third kappa shape index (κ3) is 2.25. The van der Waals surface area contributed by atoms with E-state index < -0.39 is 5.82 Å². The number of halogens is 1. The molecular formula is C17H13FN4. The van der Waals surface area contributed by atoms with Crippen LogP contribution in [0.1, 0.15) is 16.8 Å². The molecule has 3 aromatic rings. The van der Waals surface area contributed by atoms with Crippen molar-refractivity contribution in [2.24, 2.45) is 0 Å². The molecule has 1 aromatic heterocycles. The molecule has 0 radical (unpaired) electrons. The Hall–Kier alpha value is -3.00. The number of aryl methyl sites for hydroxylation is 2. The Morgan fingerprint density at radius 1 is 1.09 bits per heavy atom. The summed E-state index contributed by atoms with van der Waals surface area (Å²) >= 11 is 0. The Kier molecular flexibility index (Phi) is 3.43. The second kappa shape index (κ2) is 5.41. The van der Waals surface area contributed by atoms with E-state index in [1.54, 1.807) is 18.2 Å². The standard InChI is InChI=1S/C17H13FN4/c1-11-7-8-13(9-12(11)2)22-17(16(10-19)20-21-22)14-5-3-4-6-15(14)18/h3-9H,1-2H3. The predicted molar refractivity (Wildman–Crippen MR) is 80.9 cm³/mol. The zero-order valence-corrected chi connectivity index (χ0v) is 12.2. The van der Waals surface area contributed by atoms with Gasteiger partial charge in [-0.1, -0.05) is 23.4 Å². The van der Waals surface area contributed by atoms with Crippen LogP contribution < -0.4 is 0 Å². The van der Waals surface area contributed by atoms with Gasteiger partial charge in [-0.05, 0) is 49.2 Å². The van der Waals surface area contributed by atoms with Crippen molar-refractivity contribution in [3.8, 4) is 23.0 Å². The molecule has 0 aliphatic heterocycles. The van der Waals surface area contributed by atoms with Gasteiger partial charge in [-0.3, -0.25) is 0 Å². The van der Waals surface area contributed by atoms with E-state index in [2.05, 4.69) is 10.3 Å². The van der Waals surface area contributed by atoms with Gasteiger partial charge in [0.15, 0.2) is 5.69 Å². The van der Waals surface area contributed by atoms with Crippen LogP contribution in [-0.2, 0) is 0 Å². The summed E-state index contributed by atoms with van der Waals surface area (Å²) in [7, 11) is 0. The van der Waals surface area contributed by atoms with Crippen molar-refractivity contribution in [1.29, 1.82) is 5.26 Å². The first-order chi connectivity index (χ1) is 10.6. The van der Waals surface area contributed by atoms with Crippen LogP contribution in [0.3, 0.4) is 0 Å². The molecular weight excluding hydrogens is 279 g/mol. The molecule has 0 bridgehead atoms. The van der Waals surface area contributed by atoms with Gasteiger partial charge in [0.2, 0.25) is 0 Å². The predicted octanol–water partition coefficient (Wildman–Crippen LogP) is 3.56. The lowest BCUT2D eigenvalue weighted by atomic mass is 10.1. The molecule has 0 spiro atoms. The first-order valence-electron chi connectivity index (χ1n) is 6.80. The fourth-order valence-corrected chi connectivity index (χ4v) is 2.29. The minimum Gasteiger partial charge on any atom is -0.211 e. The Labute approximate surface area is 127 Å². The lowest BCUT2D eigenvalue weighted by Crippen LogP contribution is -2.02. The van der Waals surface area contributed by atoms with Crippen LogP contribution >= 0.6 is 0 Å². The summed E-state index contributed by atoms with van der Waals surface area (Å²) in [6.45, 7) is 4.00.